The van der Waals surface area contributed by atoms with E-state index in [-0.39, 0.29) is 88.3 Å². The van der Waals surface area contributed by atoms with E-state index in [0.29, 0.717) is 31.2 Å². The van der Waals surface area contributed by atoms with Gasteiger partial charge in [0.2, 0.25) is 35.4 Å². The third-order valence-electron chi connectivity index (χ3n) is 11.9. The molecule has 0 aliphatic carbocycles. The lowest BCUT2D eigenvalue weighted by Crippen LogP contribution is -2.38. The lowest BCUT2D eigenvalue weighted by molar-refractivity contribution is -0.142. The standard InChI is InChI=1S/C22H38N2O3.C19H32N2O3/c1-21(2,3)16-11-13-23(15-16)18(25)10-8-7-9-12-24-19(26)14-17(20(24)27)22(4,5)6;1-18(2,3)13-7-9-20(12-13)15(22)8-10-21-16(23)11-14(17(21)24)19(4,5)6/h16-17H,7-15H2,1-6H3;13-14H,7-12H2,1-6H3. The van der Waals surface area contributed by atoms with Crippen LogP contribution in [0.2, 0.25) is 0 Å². The van der Waals surface area contributed by atoms with E-state index < -0.39 is 0 Å². The van der Waals surface area contributed by atoms with Crippen LogP contribution in [0.25, 0.3) is 0 Å². The Morgan fingerprint density at radius 1 is 0.529 bits per heavy atom. The number of nitrogens with zero attached hydrogens (tertiary/aromatic N) is 4. The summed E-state index contributed by atoms with van der Waals surface area (Å²) in [4.78, 5) is 80.7. The normalized spacial score (nSPS) is 24.9. The summed E-state index contributed by atoms with van der Waals surface area (Å²) in [5.74, 6) is 0.636. The van der Waals surface area contributed by atoms with Crippen LogP contribution in [0.4, 0.5) is 0 Å². The number of carbonyl (C=O) groups excluding carboxylic acids is 6. The molecule has 4 heterocycles. The number of hydrogen-bond acceptors (Lipinski definition) is 6. The lowest BCUT2D eigenvalue weighted by atomic mass is 9.80. The third kappa shape index (κ3) is 11.4. The van der Waals surface area contributed by atoms with E-state index in [2.05, 4.69) is 41.5 Å². The summed E-state index contributed by atoms with van der Waals surface area (Å²) in [5, 5.41) is 0. The van der Waals surface area contributed by atoms with Gasteiger partial charge in [-0.1, -0.05) is 89.5 Å². The molecule has 290 valence electrons. The highest BCUT2D eigenvalue weighted by molar-refractivity contribution is 6.04. The molecule has 0 bridgehead atoms. The molecule has 4 aliphatic rings. The van der Waals surface area contributed by atoms with Gasteiger partial charge < -0.3 is 9.80 Å². The van der Waals surface area contributed by atoms with Crippen LogP contribution in [0.5, 0.6) is 0 Å². The van der Waals surface area contributed by atoms with Crippen LogP contribution in [0.3, 0.4) is 0 Å². The van der Waals surface area contributed by atoms with Gasteiger partial charge in [-0.15, -0.1) is 0 Å². The second-order valence-electron chi connectivity index (χ2n) is 20.0. The SMILES string of the molecule is CC(C)(C)C1CCN(C(=O)CCCCCN2C(=O)CC(C(C)(C)C)C2=O)C1.CC(C)(C)C1CCN(C(=O)CCN2C(=O)CC(C(C)(C)C)C2=O)C1. The van der Waals surface area contributed by atoms with E-state index >= 15 is 0 Å². The average molecular weight is 715 g/mol. The Hall–Kier alpha value is -2.78. The van der Waals surface area contributed by atoms with E-state index in [1.54, 1.807) is 0 Å². The first-order valence-electron chi connectivity index (χ1n) is 19.6. The fourth-order valence-electron chi connectivity index (χ4n) is 7.82. The number of imide groups is 2. The molecule has 0 aromatic heterocycles. The topological polar surface area (TPSA) is 115 Å². The van der Waals surface area contributed by atoms with Crippen molar-refractivity contribution in [2.75, 3.05) is 39.3 Å². The maximum Gasteiger partial charge on any atom is 0.233 e. The monoisotopic (exact) mass is 715 g/mol. The van der Waals surface area contributed by atoms with Crippen LogP contribution in [0, 0.1) is 45.3 Å². The second-order valence-corrected chi connectivity index (χ2v) is 20.0. The van der Waals surface area contributed by atoms with E-state index in [1.807, 2.05) is 51.3 Å². The molecule has 4 saturated heterocycles. The van der Waals surface area contributed by atoms with Crippen LogP contribution in [0.1, 0.15) is 141 Å². The fourth-order valence-corrected chi connectivity index (χ4v) is 7.82. The molecule has 51 heavy (non-hydrogen) atoms. The molecular formula is C41H70N4O6. The summed E-state index contributed by atoms with van der Waals surface area (Å²) in [6.45, 7) is 29.4. The van der Waals surface area contributed by atoms with Gasteiger partial charge in [0.05, 0.1) is 11.8 Å². The molecule has 4 fully saturated rings. The maximum atomic E-state index is 12.5. The van der Waals surface area contributed by atoms with E-state index in [4.69, 9.17) is 0 Å². The first kappa shape index (κ1) is 42.6. The molecule has 4 aliphatic heterocycles. The van der Waals surface area contributed by atoms with Crippen LogP contribution in [0.15, 0.2) is 0 Å². The third-order valence-corrected chi connectivity index (χ3v) is 11.9. The largest absolute Gasteiger partial charge is 0.342 e. The van der Waals surface area contributed by atoms with Gasteiger partial charge in [-0.3, -0.25) is 38.6 Å². The number of likely N-dealkylation sites (tertiary alicyclic amines) is 4. The Bertz CT molecular complexity index is 1300. The fraction of sp³-hybridized carbons (Fsp3) is 0.854. The molecule has 0 spiro atoms. The summed E-state index contributed by atoms with van der Waals surface area (Å²) < 4.78 is 0. The minimum absolute atomic E-state index is 0.0196. The van der Waals surface area contributed by atoms with Crippen molar-refractivity contribution in [2.45, 2.75) is 141 Å². The predicted molar refractivity (Wildman–Crippen MR) is 200 cm³/mol. The zero-order chi connectivity index (χ0) is 38.7. The number of carbonyl (C=O) groups is 6. The van der Waals surface area contributed by atoms with Gasteiger partial charge in [-0.05, 0) is 59.2 Å². The maximum absolute atomic E-state index is 12.5. The van der Waals surface area contributed by atoms with Gasteiger partial charge in [0.15, 0.2) is 0 Å². The summed E-state index contributed by atoms with van der Waals surface area (Å²) in [6, 6.07) is 0. The van der Waals surface area contributed by atoms with Gasteiger partial charge in [-0.2, -0.15) is 0 Å². The number of rotatable bonds is 9. The molecule has 0 radical (unpaired) electrons. The highest BCUT2D eigenvalue weighted by Crippen LogP contribution is 2.38. The highest BCUT2D eigenvalue weighted by Gasteiger charge is 2.45. The number of unbranched alkanes of at least 4 members (excludes halogenated alkanes) is 2. The smallest absolute Gasteiger partial charge is 0.233 e. The van der Waals surface area contributed by atoms with Gasteiger partial charge in [-0.25, -0.2) is 0 Å². The van der Waals surface area contributed by atoms with Crippen molar-refractivity contribution in [3.63, 3.8) is 0 Å². The molecular weight excluding hydrogens is 644 g/mol. The summed E-state index contributed by atoms with van der Waals surface area (Å²) >= 11 is 0. The van der Waals surface area contributed by atoms with Gasteiger partial charge >= 0.3 is 0 Å². The molecule has 0 saturated carbocycles. The van der Waals surface area contributed by atoms with Crippen LogP contribution in [-0.4, -0.2) is 94.3 Å². The lowest BCUT2D eigenvalue weighted by Gasteiger charge is -2.27. The number of hydrogen-bond donors (Lipinski definition) is 0. The van der Waals surface area contributed by atoms with Gasteiger partial charge in [0.1, 0.15) is 0 Å². The van der Waals surface area contributed by atoms with Crippen molar-refractivity contribution < 1.29 is 28.8 Å². The molecule has 10 nitrogen and oxygen atoms in total. The van der Waals surface area contributed by atoms with E-state index in [0.717, 1.165) is 58.3 Å². The van der Waals surface area contributed by atoms with E-state index in [9.17, 15) is 28.8 Å². The number of amides is 6. The minimum atomic E-state index is -0.267. The summed E-state index contributed by atoms with van der Waals surface area (Å²) in [6.07, 6.45) is 6.04. The molecule has 4 rings (SSSR count). The first-order valence-corrected chi connectivity index (χ1v) is 19.6. The Kier molecular flexibility index (Phi) is 13.8. The van der Waals surface area contributed by atoms with Crippen LogP contribution in [-0.2, 0) is 28.8 Å². The Morgan fingerprint density at radius 2 is 0.922 bits per heavy atom. The Balaban J connectivity index is 0.000000277. The van der Waals surface area contributed by atoms with Crippen molar-refractivity contribution in [3.05, 3.63) is 0 Å². The average Bonchev–Trinajstić information content (AvgIpc) is 3.78. The van der Waals surface area contributed by atoms with Crippen molar-refractivity contribution in [3.8, 4) is 0 Å². The Morgan fingerprint density at radius 3 is 1.27 bits per heavy atom. The van der Waals surface area contributed by atoms with Crippen LogP contribution < -0.4 is 0 Å². The zero-order valence-corrected chi connectivity index (χ0v) is 34.2. The first-order chi connectivity index (χ1) is 23.3. The minimum Gasteiger partial charge on any atom is -0.342 e. The molecule has 4 unspecified atom stereocenters. The molecule has 0 aromatic rings. The molecule has 0 aromatic carbocycles. The van der Waals surface area contributed by atoms with Crippen molar-refractivity contribution in [1.29, 1.82) is 0 Å². The molecule has 0 N–H and O–H groups in total. The van der Waals surface area contributed by atoms with Gasteiger partial charge in [0.25, 0.3) is 0 Å². The second kappa shape index (κ2) is 16.5. The Labute approximate surface area is 308 Å². The van der Waals surface area contributed by atoms with Crippen LogP contribution >= 0.6 is 0 Å². The highest BCUT2D eigenvalue weighted by atomic mass is 16.2. The van der Waals surface area contributed by atoms with Crippen molar-refractivity contribution in [2.24, 2.45) is 45.3 Å². The van der Waals surface area contributed by atoms with Crippen molar-refractivity contribution >= 4 is 35.4 Å². The predicted octanol–water partition coefficient (Wildman–Crippen LogP) is 6.55. The summed E-state index contributed by atoms with van der Waals surface area (Å²) in [7, 11) is 0. The summed E-state index contributed by atoms with van der Waals surface area (Å²) in [5.41, 5.74) is 0.0690. The molecule has 4 atom stereocenters. The molecule has 10 heteroatoms. The molecule has 6 amide bonds. The quantitative estimate of drug-likeness (QED) is 0.198. The zero-order valence-electron chi connectivity index (χ0n) is 34.2. The van der Waals surface area contributed by atoms with Crippen molar-refractivity contribution in [1.82, 2.24) is 19.6 Å². The van der Waals surface area contributed by atoms with E-state index in [1.165, 1.54) is 9.80 Å². The van der Waals surface area contributed by atoms with Gasteiger partial charge in [0, 0.05) is 65.0 Å².